The van der Waals surface area contributed by atoms with Gasteiger partial charge < -0.3 is 19.6 Å². The zero-order valence-corrected chi connectivity index (χ0v) is 16.8. The summed E-state index contributed by atoms with van der Waals surface area (Å²) in [6.07, 6.45) is 14.6. The Morgan fingerprint density at radius 1 is 1.41 bits per heavy atom. The van der Waals surface area contributed by atoms with Crippen molar-refractivity contribution in [3.05, 3.63) is 24.3 Å². The Labute approximate surface area is 170 Å². The van der Waals surface area contributed by atoms with Crippen LogP contribution in [0.1, 0.15) is 44.0 Å². The van der Waals surface area contributed by atoms with Crippen molar-refractivity contribution in [3.8, 4) is 12.3 Å². The molecule has 152 valence electrons. The number of H-pyrrole nitrogens is 1. The summed E-state index contributed by atoms with van der Waals surface area (Å²) in [7, 11) is 1.62. The topological polar surface area (TPSA) is 84.8 Å². The van der Waals surface area contributed by atoms with Crippen LogP contribution >= 0.6 is 0 Å². The molecule has 1 amide bonds. The first-order valence-corrected chi connectivity index (χ1v) is 10.2. The normalized spacial score (nSPS) is 19.4. The summed E-state index contributed by atoms with van der Waals surface area (Å²) in [6, 6.07) is 2.35. The molecule has 3 aromatic heterocycles. The van der Waals surface area contributed by atoms with Crippen molar-refractivity contribution in [1.29, 1.82) is 0 Å². The van der Waals surface area contributed by atoms with Crippen LogP contribution in [0.2, 0.25) is 0 Å². The van der Waals surface area contributed by atoms with Crippen LogP contribution in [0.25, 0.3) is 22.1 Å². The van der Waals surface area contributed by atoms with Crippen molar-refractivity contribution in [1.82, 2.24) is 24.8 Å². The number of terminal acetylenes is 1. The Morgan fingerprint density at radius 3 is 3.00 bits per heavy atom. The molecule has 0 unspecified atom stereocenters. The number of nitrogens with zero attached hydrogens (tertiary/aromatic N) is 3. The first-order chi connectivity index (χ1) is 14.2. The molecule has 1 aliphatic carbocycles. The first kappa shape index (κ1) is 19.5. The van der Waals surface area contributed by atoms with Gasteiger partial charge >= 0.3 is 0 Å². The van der Waals surface area contributed by atoms with E-state index in [0.29, 0.717) is 25.1 Å². The maximum absolute atomic E-state index is 12.5. The van der Waals surface area contributed by atoms with Crippen LogP contribution in [0.5, 0.6) is 0 Å². The Bertz CT molecular complexity index is 1040. The van der Waals surface area contributed by atoms with Crippen LogP contribution in [0.15, 0.2) is 18.5 Å². The Kier molecular flexibility index (Phi) is 5.81. The van der Waals surface area contributed by atoms with E-state index in [9.17, 15) is 4.79 Å². The first-order valence-electron chi connectivity index (χ1n) is 10.2. The number of fused-ring (bicyclic) bond motifs is 3. The largest absolute Gasteiger partial charge is 0.383 e. The summed E-state index contributed by atoms with van der Waals surface area (Å²) in [5, 5.41) is 3.95. The number of carbonyl (C=O) groups is 1. The van der Waals surface area contributed by atoms with Crippen LogP contribution in [-0.4, -0.2) is 45.7 Å². The fourth-order valence-electron chi connectivity index (χ4n) is 4.43. The van der Waals surface area contributed by atoms with Gasteiger partial charge in [0.15, 0.2) is 0 Å². The van der Waals surface area contributed by atoms with Crippen molar-refractivity contribution >= 4 is 28.0 Å². The Morgan fingerprint density at radius 2 is 2.24 bits per heavy atom. The number of imidazole rings is 1. The monoisotopic (exact) mass is 393 g/mol. The standard InChI is InChI=1S/C22H27N5O2/c1-3-4-15-5-7-16(8-6-15)27-19(13-20(28)23-11-12-29-2)26-18-14-25-22-17(21(18)27)9-10-24-22/h1,9-10,14-16H,4-8,11-13H2,2H3,(H,23,28)(H,24,25). The van der Waals surface area contributed by atoms with E-state index in [1.807, 2.05) is 12.3 Å². The lowest BCUT2D eigenvalue weighted by Gasteiger charge is -2.30. The SMILES string of the molecule is C#CCC1CCC(n2c(CC(=O)NCCOC)nc3cnc4[nH]ccc4c32)CC1. The summed E-state index contributed by atoms with van der Waals surface area (Å²) < 4.78 is 7.30. The number of methoxy groups -OCH3 is 1. The van der Waals surface area contributed by atoms with Gasteiger partial charge in [0.05, 0.1) is 24.7 Å². The second kappa shape index (κ2) is 8.66. The number of ether oxygens (including phenoxy) is 1. The molecular formula is C22H27N5O2. The Hall–Kier alpha value is -2.85. The van der Waals surface area contributed by atoms with Crippen LogP contribution in [-0.2, 0) is 16.0 Å². The highest BCUT2D eigenvalue weighted by molar-refractivity contribution is 6.01. The highest BCUT2D eigenvalue weighted by Gasteiger charge is 2.27. The lowest BCUT2D eigenvalue weighted by molar-refractivity contribution is -0.120. The molecule has 7 nitrogen and oxygen atoms in total. The summed E-state index contributed by atoms with van der Waals surface area (Å²) in [5.74, 6) is 4.16. The Balaban J connectivity index is 1.68. The van der Waals surface area contributed by atoms with Crippen molar-refractivity contribution in [2.45, 2.75) is 44.6 Å². The van der Waals surface area contributed by atoms with E-state index in [1.165, 1.54) is 0 Å². The maximum atomic E-state index is 12.5. The van der Waals surface area contributed by atoms with Crippen LogP contribution < -0.4 is 5.32 Å². The summed E-state index contributed by atoms with van der Waals surface area (Å²) >= 11 is 0. The molecule has 0 saturated heterocycles. The van der Waals surface area contributed by atoms with Crippen molar-refractivity contribution in [2.24, 2.45) is 5.92 Å². The number of hydrogen-bond donors (Lipinski definition) is 2. The number of aromatic amines is 1. The van der Waals surface area contributed by atoms with Gasteiger partial charge in [-0.2, -0.15) is 0 Å². The number of aromatic nitrogens is 4. The predicted molar refractivity (Wildman–Crippen MR) is 112 cm³/mol. The minimum Gasteiger partial charge on any atom is -0.383 e. The van der Waals surface area contributed by atoms with Gasteiger partial charge in [0, 0.05) is 37.7 Å². The molecule has 3 aromatic rings. The second-order valence-electron chi connectivity index (χ2n) is 7.73. The fraction of sp³-hybridized carbons (Fsp3) is 0.500. The van der Waals surface area contributed by atoms with E-state index < -0.39 is 0 Å². The van der Waals surface area contributed by atoms with Gasteiger partial charge in [0.25, 0.3) is 0 Å². The van der Waals surface area contributed by atoms with Gasteiger partial charge in [-0.3, -0.25) is 4.79 Å². The van der Waals surface area contributed by atoms with Gasteiger partial charge in [-0.15, -0.1) is 12.3 Å². The highest BCUT2D eigenvalue weighted by Crippen LogP contribution is 2.37. The molecule has 0 aromatic carbocycles. The summed E-state index contributed by atoms with van der Waals surface area (Å²) in [6.45, 7) is 0.992. The molecule has 0 aliphatic heterocycles. The second-order valence-corrected chi connectivity index (χ2v) is 7.73. The van der Waals surface area contributed by atoms with E-state index in [1.54, 1.807) is 13.3 Å². The molecule has 1 saturated carbocycles. The number of pyridine rings is 1. The number of hydrogen-bond acceptors (Lipinski definition) is 4. The molecule has 0 radical (unpaired) electrons. The molecular weight excluding hydrogens is 366 g/mol. The van der Waals surface area contributed by atoms with Gasteiger partial charge in [-0.05, 0) is 37.7 Å². The zero-order valence-electron chi connectivity index (χ0n) is 16.8. The van der Waals surface area contributed by atoms with Crippen molar-refractivity contribution in [3.63, 3.8) is 0 Å². The average Bonchev–Trinajstić information content (AvgIpc) is 3.33. The van der Waals surface area contributed by atoms with E-state index >= 15 is 0 Å². The highest BCUT2D eigenvalue weighted by atomic mass is 16.5. The fourth-order valence-corrected chi connectivity index (χ4v) is 4.43. The smallest absolute Gasteiger partial charge is 0.227 e. The minimum absolute atomic E-state index is 0.0436. The maximum Gasteiger partial charge on any atom is 0.227 e. The van der Waals surface area contributed by atoms with Crippen LogP contribution in [0.3, 0.4) is 0 Å². The van der Waals surface area contributed by atoms with Gasteiger partial charge in [0.2, 0.25) is 5.91 Å². The molecule has 0 spiro atoms. The molecule has 7 heteroatoms. The van der Waals surface area contributed by atoms with Crippen LogP contribution in [0.4, 0.5) is 0 Å². The third kappa shape index (κ3) is 3.99. The van der Waals surface area contributed by atoms with Gasteiger partial charge in [-0.1, -0.05) is 0 Å². The van der Waals surface area contributed by atoms with E-state index in [0.717, 1.165) is 60.0 Å². The minimum atomic E-state index is -0.0436. The van der Waals surface area contributed by atoms with Crippen molar-refractivity contribution < 1.29 is 9.53 Å². The summed E-state index contributed by atoms with van der Waals surface area (Å²) in [5.41, 5.74) is 2.75. The molecule has 0 bridgehead atoms. The van der Waals surface area contributed by atoms with Gasteiger partial charge in [-0.25, -0.2) is 9.97 Å². The molecule has 1 fully saturated rings. The number of carbonyl (C=O) groups excluding carboxylic acids is 1. The molecule has 29 heavy (non-hydrogen) atoms. The molecule has 1 aliphatic rings. The third-order valence-electron chi connectivity index (χ3n) is 5.84. The molecule has 4 rings (SSSR count). The van der Waals surface area contributed by atoms with Crippen LogP contribution in [0, 0.1) is 18.3 Å². The van der Waals surface area contributed by atoms with E-state index in [-0.39, 0.29) is 12.3 Å². The number of nitrogens with one attached hydrogen (secondary N) is 2. The van der Waals surface area contributed by atoms with Crippen molar-refractivity contribution in [2.75, 3.05) is 20.3 Å². The lowest BCUT2D eigenvalue weighted by atomic mass is 9.84. The molecule has 3 heterocycles. The van der Waals surface area contributed by atoms with E-state index in [4.69, 9.17) is 16.1 Å². The summed E-state index contributed by atoms with van der Waals surface area (Å²) in [4.78, 5) is 24.9. The molecule has 0 atom stereocenters. The lowest BCUT2D eigenvalue weighted by Crippen LogP contribution is -2.30. The third-order valence-corrected chi connectivity index (χ3v) is 5.84. The number of rotatable bonds is 7. The predicted octanol–water partition coefficient (Wildman–Crippen LogP) is 2.97. The average molecular weight is 393 g/mol. The quantitative estimate of drug-likeness (QED) is 0.477. The molecule has 2 N–H and O–H groups in total. The number of amides is 1. The van der Waals surface area contributed by atoms with E-state index in [2.05, 4.69) is 25.8 Å². The zero-order chi connectivity index (χ0) is 20.2. The van der Waals surface area contributed by atoms with Gasteiger partial charge in [0.1, 0.15) is 17.0 Å².